The molecule has 0 bridgehead atoms. The summed E-state index contributed by atoms with van der Waals surface area (Å²) in [5.41, 5.74) is 1.11. The van der Waals surface area contributed by atoms with Crippen LogP contribution >= 0.6 is 12.4 Å². The lowest BCUT2D eigenvalue weighted by atomic mass is 10.1. The highest BCUT2D eigenvalue weighted by atomic mass is 35.5. The molecule has 0 aliphatic carbocycles. The van der Waals surface area contributed by atoms with Gasteiger partial charge in [-0.3, -0.25) is 4.79 Å². The summed E-state index contributed by atoms with van der Waals surface area (Å²) in [7, 11) is 1.86. The van der Waals surface area contributed by atoms with Crippen molar-refractivity contribution in [1.29, 1.82) is 0 Å². The van der Waals surface area contributed by atoms with Gasteiger partial charge in [-0.2, -0.15) is 0 Å². The Balaban J connectivity index is 0.00000144. The van der Waals surface area contributed by atoms with Crippen LogP contribution in [0.4, 0.5) is 0 Å². The van der Waals surface area contributed by atoms with Gasteiger partial charge in [-0.25, -0.2) is 0 Å². The van der Waals surface area contributed by atoms with E-state index < -0.39 is 0 Å². The number of carbonyl (C=O) groups excluding carboxylic acids is 1. The molecule has 1 aliphatic heterocycles. The molecule has 0 fully saturated rings. The highest BCUT2D eigenvalue weighted by Crippen LogP contribution is 2.27. The first-order valence-corrected chi connectivity index (χ1v) is 5.48. The largest absolute Gasteiger partial charge is 0.480 e. The fraction of sp³-hybridized carbons (Fsp3) is 0.417. The van der Waals surface area contributed by atoms with Gasteiger partial charge in [-0.05, 0) is 18.7 Å². The summed E-state index contributed by atoms with van der Waals surface area (Å²) >= 11 is 0. The molecule has 1 atom stereocenters. The number of rotatable bonds is 4. The first-order valence-electron chi connectivity index (χ1n) is 5.48. The van der Waals surface area contributed by atoms with E-state index in [4.69, 9.17) is 4.74 Å². The Labute approximate surface area is 107 Å². The minimum absolute atomic E-state index is 0. The van der Waals surface area contributed by atoms with E-state index >= 15 is 0 Å². The Hall–Kier alpha value is -1.26. The molecule has 1 aromatic rings. The molecule has 17 heavy (non-hydrogen) atoms. The molecule has 0 saturated carbocycles. The van der Waals surface area contributed by atoms with Gasteiger partial charge in [-0.1, -0.05) is 18.2 Å². The van der Waals surface area contributed by atoms with E-state index in [-0.39, 0.29) is 24.4 Å². The number of hydrogen-bond acceptors (Lipinski definition) is 3. The van der Waals surface area contributed by atoms with Crippen molar-refractivity contribution in [2.24, 2.45) is 0 Å². The molecule has 5 heteroatoms. The molecular formula is C12H17ClN2O2. The maximum absolute atomic E-state index is 11.7. The second-order valence-corrected chi connectivity index (χ2v) is 3.81. The molecule has 1 unspecified atom stereocenters. The van der Waals surface area contributed by atoms with Crippen molar-refractivity contribution in [3.05, 3.63) is 29.8 Å². The van der Waals surface area contributed by atoms with Crippen LogP contribution in [0.3, 0.4) is 0 Å². The second kappa shape index (κ2) is 6.47. The van der Waals surface area contributed by atoms with Crippen molar-refractivity contribution in [3.63, 3.8) is 0 Å². The van der Waals surface area contributed by atoms with Gasteiger partial charge >= 0.3 is 0 Å². The molecule has 2 N–H and O–H groups in total. The van der Waals surface area contributed by atoms with Crippen molar-refractivity contribution < 1.29 is 9.53 Å². The van der Waals surface area contributed by atoms with Crippen LogP contribution in [0.2, 0.25) is 0 Å². The number of hydrogen-bond donors (Lipinski definition) is 2. The predicted octanol–water partition coefficient (Wildman–Crippen LogP) is 0.748. The summed E-state index contributed by atoms with van der Waals surface area (Å²) in [6.07, 6.45) is 0.302. The topological polar surface area (TPSA) is 50.4 Å². The molecule has 1 aliphatic rings. The van der Waals surface area contributed by atoms with E-state index in [9.17, 15) is 4.79 Å². The van der Waals surface area contributed by atoms with Gasteiger partial charge in [0.1, 0.15) is 5.75 Å². The normalized spacial score (nSPS) is 16.6. The zero-order valence-electron chi connectivity index (χ0n) is 9.73. The van der Waals surface area contributed by atoms with Gasteiger partial charge in [0.15, 0.2) is 6.10 Å². The standard InChI is InChI=1S/C12H16N2O2.ClH/c1-13-6-7-14-12(15)11-8-9-4-2-3-5-10(9)16-11;/h2-5,11,13H,6-8H2,1H3,(H,14,15);1H. The van der Waals surface area contributed by atoms with Gasteiger partial charge < -0.3 is 15.4 Å². The van der Waals surface area contributed by atoms with E-state index in [1.165, 1.54) is 0 Å². The molecule has 1 aromatic carbocycles. The highest BCUT2D eigenvalue weighted by molar-refractivity contribution is 5.85. The summed E-state index contributed by atoms with van der Waals surface area (Å²) < 4.78 is 5.57. The minimum atomic E-state index is -0.366. The van der Waals surface area contributed by atoms with Crippen molar-refractivity contribution >= 4 is 18.3 Å². The molecule has 1 amide bonds. The molecule has 1 heterocycles. The van der Waals surface area contributed by atoms with Crippen LogP contribution < -0.4 is 15.4 Å². The van der Waals surface area contributed by atoms with Crippen LogP contribution in [-0.4, -0.2) is 32.1 Å². The summed E-state index contributed by atoms with van der Waals surface area (Å²) in [6, 6.07) is 7.77. The maximum Gasteiger partial charge on any atom is 0.261 e. The van der Waals surface area contributed by atoms with Crippen LogP contribution in [0.25, 0.3) is 0 Å². The number of halogens is 1. The average molecular weight is 257 g/mol. The number of para-hydroxylation sites is 1. The number of nitrogens with one attached hydrogen (secondary N) is 2. The number of ether oxygens (including phenoxy) is 1. The van der Waals surface area contributed by atoms with Gasteiger partial charge in [0.05, 0.1) is 0 Å². The van der Waals surface area contributed by atoms with Gasteiger partial charge in [-0.15, -0.1) is 12.4 Å². The molecule has 0 aromatic heterocycles. The summed E-state index contributed by atoms with van der Waals surface area (Å²) in [4.78, 5) is 11.7. The van der Waals surface area contributed by atoms with Crippen LogP contribution in [0.1, 0.15) is 5.56 Å². The van der Waals surface area contributed by atoms with Crippen molar-refractivity contribution in [1.82, 2.24) is 10.6 Å². The van der Waals surface area contributed by atoms with E-state index in [2.05, 4.69) is 10.6 Å². The van der Waals surface area contributed by atoms with Crippen LogP contribution in [0.5, 0.6) is 5.75 Å². The lowest BCUT2D eigenvalue weighted by Gasteiger charge is -2.10. The first-order chi connectivity index (χ1) is 7.81. The quantitative estimate of drug-likeness (QED) is 0.782. The summed E-state index contributed by atoms with van der Waals surface area (Å²) in [5.74, 6) is 0.794. The predicted molar refractivity (Wildman–Crippen MR) is 68.7 cm³/mol. The monoisotopic (exact) mass is 256 g/mol. The molecule has 4 nitrogen and oxygen atoms in total. The minimum Gasteiger partial charge on any atom is -0.480 e. The number of carbonyl (C=O) groups is 1. The molecule has 0 spiro atoms. The van der Waals surface area contributed by atoms with E-state index in [0.29, 0.717) is 13.0 Å². The Morgan fingerprint density at radius 1 is 1.41 bits per heavy atom. The average Bonchev–Trinajstić information content (AvgIpc) is 2.73. The fourth-order valence-corrected chi connectivity index (χ4v) is 1.75. The molecular weight excluding hydrogens is 240 g/mol. The van der Waals surface area contributed by atoms with Crippen molar-refractivity contribution in [2.75, 3.05) is 20.1 Å². The van der Waals surface area contributed by atoms with Crippen LogP contribution in [-0.2, 0) is 11.2 Å². The first kappa shape index (κ1) is 13.8. The van der Waals surface area contributed by atoms with Crippen molar-refractivity contribution in [2.45, 2.75) is 12.5 Å². The molecule has 94 valence electrons. The zero-order chi connectivity index (χ0) is 11.4. The molecule has 2 rings (SSSR count). The molecule has 0 radical (unpaired) electrons. The highest BCUT2D eigenvalue weighted by Gasteiger charge is 2.28. The third-order valence-electron chi connectivity index (χ3n) is 2.61. The Bertz CT molecular complexity index is 360. The van der Waals surface area contributed by atoms with Crippen LogP contribution in [0.15, 0.2) is 24.3 Å². The van der Waals surface area contributed by atoms with Gasteiger partial charge in [0.2, 0.25) is 0 Å². The maximum atomic E-state index is 11.7. The summed E-state index contributed by atoms with van der Waals surface area (Å²) in [6.45, 7) is 1.40. The fourth-order valence-electron chi connectivity index (χ4n) is 1.75. The van der Waals surface area contributed by atoms with E-state index in [1.807, 2.05) is 31.3 Å². The Morgan fingerprint density at radius 3 is 2.88 bits per heavy atom. The lowest BCUT2D eigenvalue weighted by molar-refractivity contribution is -0.127. The third kappa shape index (κ3) is 3.35. The smallest absolute Gasteiger partial charge is 0.261 e. The summed E-state index contributed by atoms with van der Waals surface area (Å²) in [5, 5.41) is 5.81. The molecule has 0 saturated heterocycles. The van der Waals surface area contributed by atoms with E-state index in [0.717, 1.165) is 17.9 Å². The SMILES string of the molecule is CNCCNC(=O)C1Cc2ccccc2O1.Cl. The van der Waals surface area contributed by atoms with E-state index in [1.54, 1.807) is 0 Å². The Morgan fingerprint density at radius 2 is 2.18 bits per heavy atom. The number of amides is 1. The lowest BCUT2D eigenvalue weighted by Crippen LogP contribution is -2.40. The Kier molecular flexibility index (Phi) is 5.25. The number of benzene rings is 1. The third-order valence-corrected chi connectivity index (χ3v) is 2.61. The number of fused-ring (bicyclic) bond motifs is 1. The zero-order valence-corrected chi connectivity index (χ0v) is 10.5. The van der Waals surface area contributed by atoms with Gasteiger partial charge in [0.25, 0.3) is 5.91 Å². The van der Waals surface area contributed by atoms with Crippen LogP contribution in [0, 0.1) is 0 Å². The van der Waals surface area contributed by atoms with Gasteiger partial charge in [0, 0.05) is 19.5 Å². The second-order valence-electron chi connectivity index (χ2n) is 3.81. The number of likely N-dealkylation sites (N-methyl/N-ethyl adjacent to an activating group) is 1. The van der Waals surface area contributed by atoms with Crippen molar-refractivity contribution in [3.8, 4) is 5.75 Å².